The maximum Gasteiger partial charge on any atom is 0.217 e. The first-order valence-electron chi connectivity index (χ1n) is 4.29. The third-order valence-electron chi connectivity index (χ3n) is 1.82. The molecule has 0 radical (unpaired) electrons. The Morgan fingerprint density at radius 2 is 2.27 bits per heavy atom. The van der Waals surface area contributed by atoms with E-state index in [-0.39, 0.29) is 0 Å². The van der Waals surface area contributed by atoms with Gasteiger partial charge in [0.2, 0.25) is 5.88 Å². The van der Waals surface area contributed by atoms with Gasteiger partial charge in [-0.05, 0) is 28.1 Å². The molecule has 78 valence electrons. The van der Waals surface area contributed by atoms with Gasteiger partial charge >= 0.3 is 0 Å². The number of methoxy groups -OCH3 is 1. The van der Waals surface area contributed by atoms with Gasteiger partial charge < -0.3 is 14.5 Å². The van der Waals surface area contributed by atoms with Gasteiger partial charge in [0.15, 0.2) is 0 Å². The number of hydrogen-bond acceptors (Lipinski definition) is 3. The fraction of sp³-hybridized carbons (Fsp3) is 0.100. The number of halogens is 1. The Kier molecular flexibility index (Phi) is 2.91. The van der Waals surface area contributed by atoms with Crippen LogP contribution in [0.1, 0.15) is 0 Å². The predicted molar refractivity (Wildman–Crippen MR) is 59.4 cm³/mol. The average Bonchev–Trinajstić information content (AvgIpc) is 2.73. The minimum Gasteiger partial charge on any atom is -0.495 e. The predicted octanol–water partition coefficient (Wildman–Crippen LogP) is 2.97. The lowest BCUT2D eigenvalue weighted by Gasteiger charge is -2.06. The van der Waals surface area contributed by atoms with Crippen molar-refractivity contribution in [2.75, 3.05) is 7.11 Å². The molecule has 1 N–H and O–H groups in total. The molecule has 2 rings (SSSR count). The van der Waals surface area contributed by atoms with Crippen molar-refractivity contribution >= 4 is 15.9 Å². The Bertz CT molecular complexity index is 443. The van der Waals surface area contributed by atoms with Crippen LogP contribution in [0.25, 0.3) is 0 Å². The van der Waals surface area contributed by atoms with E-state index < -0.39 is 0 Å². The molecule has 4 nitrogen and oxygen atoms in total. The summed E-state index contributed by atoms with van der Waals surface area (Å²) in [6.07, 6.45) is 3.17. The van der Waals surface area contributed by atoms with Gasteiger partial charge in [-0.1, -0.05) is 0 Å². The summed E-state index contributed by atoms with van der Waals surface area (Å²) in [6.45, 7) is 0. The molecule has 0 saturated heterocycles. The maximum atomic E-state index is 5.50. The smallest absolute Gasteiger partial charge is 0.217 e. The maximum absolute atomic E-state index is 5.50. The highest BCUT2D eigenvalue weighted by molar-refractivity contribution is 9.10. The Balaban J connectivity index is 2.22. The van der Waals surface area contributed by atoms with Crippen LogP contribution in [0.2, 0.25) is 0 Å². The second-order valence-corrected chi connectivity index (χ2v) is 3.67. The molecule has 5 heteroatoms. The molecule has 0 aliphatic heterocycles. The lowest BCUT2D eigenvalue weighted by Crippen LogP contribution is -1.87. The molecule has 1 aromatic heterocycles. The van der Waals surface area contributed by atoms with Gasteiger partial charge in [-0.15, -0.1) is 0 Å². The van der Waals surface area contributed by atoms with Crippen molar-refractivity contribution in [2.24, 2.45) is 0 Å². The van der Waals surface area contributed by atoms with Crippen molar-refractivity contribution in [1.82, 2.24) is 9.97 Å². The molecule has 0 aliphatic rings. The minimum atomic E-state index is 0.597. The van der Waals surface area contributed by atoms with E-state index in [9.17, 15) is 0 Å². The van der Waals surface area contributed by atoms with Crippen molar-refractivity contribution in [3.05, 3.63) is 35.2 Å². The van der Waals surface area contributed by atoms with Crippen LogP contribution in [0.3, 0.4) is 0 Å². The SMILES string of the molecule is COc1cc(Oc2cnc[nH]2)ccc1Br. The Hall–Kier alpha value is -1.49. The Labute approximate surface area is 95.4 Å². The molecule has 0 unspecified atom stereocenters. The first-order valence-corrected chi connectivity index (χ1v) is 5.08. The zero-order chi connectivity index (χ0) is 10.7. The van der Waals surface area contributed by atoms with E-state index in [0.29, 0.717) is 11.6 Å². The molecule has 2 aromatic rings. The summed E-state index contributed by atoms with van der Waals surface area (Å²) in [5.41, 5.74) is 0. The van der Waals surface area contributed by atoms with Gasteiger partial charge in [0.05, 0.1) is 24.1 Å². The first-order chi connectivity index (χ1) is 7.29. The number of aromatic nitrogens is 2. The van der Waals surface area contributed by atoms with Crippen LogP contribution in [-0.4, -0.2) is 17.1 Å². The molecule has 0 spiro atoms. The second kappa shape index (κ2) is 4.35. The van der Waals surface area contributed by atoms with Crippen LogP contribution in [0, 0.1) is 0 Å². The number of ether oxygens (including phenoxy) is 2. The molecule has 1 heterocycles. The Morgan fingerprint density at radius 1 is 1.40 bits per heavy atom. The van der Waals surface area contributed by atoms with E-state index in [1.807, 2.05) is 12.1 Å². The topological polar surface area (TPSA) is 47.1 Å². The van der Waals surface area contributed by atoms with E-state index in [1.54, 1.807) is 25.7 Å². The highest BCUT2D eigenvalue weighted by Crippen LogP contribution is 2.30. The fourth-order valence-electron chi connectivity index (χ4n) is 1.13. The molecule has 0 atom stereocenters. The largest absolute Gasteiger partial charge is 0.495 e. The number of hydrogen-bond donors (Lipinski definition) is 1. The number of nitrogens with zero attached hydrogens (tertiary/aromatic N) is 1. The normalized spacial score (nSPS) is 10.0. The van der Waals surface area contributed by atoms with Gasteiger partial charge in [-0.2, -0.15) is 0 Å². The fourth-order valence-corrected chi connectivity index (χ4v) is 1.54. The summed E-state index contributed by atoms with van der Waals surface area (Å²) in [6, 6.07) is 5.50. The van der Waals surface area contributed by atoms with Crippen molar-refractivity contribution in [2.45, 2.75) is 0 Å². The molecule has 0 saturated carbocycles. The highest BCUT2D eigenvalue weighted by Gasteiger charge is 2.03. The second-order valence-electron chi connectivity index (χ2n) is 2.81. The Morgan fingerprint density at radius 3 is 2.93 bits per heavy atom. The molecule has 1 aromatic carbocycles. The van der Waals surface area contributed by atoms with Crippen LogP contribution < -0.4 is 9.47 Å². The van der Waals surface area contributed by atoms with Crippen LogP contribution >= 0.6 is 15.9 Å². The van der Waals surface area contributed by atoms with E-state index in [4.69, 9.17) is 9.47 Å². The summed E-state index contributed by atoms with van der Waals surface area (Å²) in [7, 11) is 1.61. The number of aromatic amines is 1. The molecule has 0 aliphatic carbocycles. The highest BCUT2D eigenvalue weighted by atomic mass is 79.9. The molecule has 0 bridgehead atoms. The lowest BCUT2D eigenvalue weighted by molar-refractivity contribution is 0.405. The summed E-state index contributed by atoms with van der Waals surface area (Å²) < 4.78 is 11.5. The van der Waals surface area contributed by atoms with Gasteiger partial charge in [-0.25, -0.2) is 4.98 Å². The zero-order valence-electron chi connectivity index (χ0n) is 8.03. The number of benzene rings is 1. The van der Waals surface area contributed by atoms with Crippen molar-refractivity contribution in [3.63, 3.8) is 0 Å². The molecular formula is C10H9BrN2O2. The summed E-state index contributed by atoms with van der Waals surface area (Å²) in [5.74, 6) is 2.02. The van der Waals surface area contributed by atoms with Gasteiger partial charge in [0.1, 0.15) is 11.5 Å². The summed E-state index contributed by atoms with van der Waals surface area (Å²) in [5, 5.41) is 0. The quantitative estimate of drug-likeness (QED) is 0.931. The van der Waals surface area contributed by atoms with Gasteiger partial charge in [0, 0.05) is 6.07 Å². The molecular weight excluding hydrogens is 260 g/mol. The molecule has 0 fully saturated rings. The van der Waals surface area contributed by atoms with E-state index in [0.717, 1.165) is 10.2 Å². The first kappa shape index (κ1) is 10.0. The van der Waals surface area contributed by atoms with Gasteiger partial charge in [0.25, 0.3) is 0 Å². The third-order valence-corrected chi connectivity index (χ3v) is 2.48. The van der Waals surface area contributed by atoms with Crippen LogP contribution in [-0.2, 0) is 0 Å². The zero-order valence-corrected chi connectivity index (χ0v) is 9.61. The number of H-pyrrole nitrogens is 1. The monoisotopic (exact) mass is 268 g/mol. The minimum absolute atomic E-state index is 0.597. The van der Waals surface area contributed by atoms with Crippen LogP contribution in [0.4, 0.5) is 0 Å². The summed E-state index contributed by atoms with van der Waals surface area (Å²) in [4.78, 5) is 6.71. The van der Waals surface area contributed by atoms with Crippen molar-refractivity contribution < 1.29 is 9.47 Å². The van der Waals surface area contributed by atoms with Gasteiger partial charge in [-0.3, -0.25) is 0 Å². The van der Waals surface area contributed by atoms with E-state index in [1.165, 1.54) is 0 Å². The number of rotatable bonds is 3. The van der Waals surface area contributed by atoms with Crippen molar-refractivity contribution in [3.8, 4) is 17.4 Å². The number of nitrogens with one attached hydrogen (secondary N) is 1. The standard InChI is InChI=1S/C10H9BrN2O2/c1-14-9-4-7(2-3-8(9)11)15-10-5-12-6-13-10/h2-6H,1H3,(H,12,13). The molecule has 0 amide bonds. The molecule has 15 heavy (non-hydrogen) atoms. The van der Waals surface area contributed by atoms with Crippen molar-refractivity contribution in [1.29, 1.82) is 0 Å². The van der Waals surface area contributed by atoms with E-state index >= 15 is 0 Å². The average molecular weight is 269 g/mol. The van der Waals surface area contributed by atoms with E-state index in [2.05, 4.69) is 25.9 Å². The van der Waals surface area contributed by atoms with Crippen LogP contribution in [0.5, 0.6) is 17.4 Å². The number of imidazole rings is 1. The third kappa shape index (κ3) is 2.30. The summed E-state index contributed by atoms with van der Waals surface area (Å²) >= 11 is 3.37. The lowest BCUT2D eigenvalue weighted by atomic mass is 10.3. The van der Waals surface area contributed by atoms with Crippen LogP contribution in [0.15, 0.2) is 35.2 Å².